The molecule has 5 heteroatoms. The fourth-order valence-corrected chi connectivity index (χ4v) is 3.20. The van der Waals surface area contributed by atoms with E-state index in [0.717, 1.165) is 29.5 Å². The topological polar surface area (TPSA) is 55.6 Å². The van der Waals surface area contributed by atoms with Crippen LogP contribution >= 0.6 is 12.4 Å². The molecule has 1 saturated heterocycles. The number of hydrogen-bond acceptors (Lipinski definition) is 3. The van der Waals surface area contributed by atoms with Gasteiger partial charge in [-0.1, -0.05) is 36.4 Å². The molecule has 1 fully saturated rings. The first-order valence-electron chi connectivity index (χ1n) is 7.79. The first kappa shape index (κ1) is 17.6. The monoisotopic (exact) mass is 334 g/mol. The lowest BCUT2D eigenvalue weighted by atomic mass is 10.1. The van der Waals surface area contributed by atoms with Crippen molar-refractivity contribution < 1.29 is 9.53 Å². The van der Waals surface area contributed by atoms with Crippen LogP contribution in [0.3, 0.4) is 0 Å². The van der Waals surface area contributed by atoms with E-state index in [2.05, 4.69) is 6.92 Å². The summed E-state index contributed by atoms with van der Waals surface area (Å²) in [6.07, 6.45) is 0.983. The van der Waals surface area contributed by atoms with Crippen LogP contribution in [0.5, 0.6) is 5.75 Å². The van der Waals surface area contributed by atoms with Gasteiger partial charge in [0.15, 0.2) is 6.61 Å². The Morgan fingerprint density at radius 3 is 2.74 bits per heavy atom. The molecule has 1 aliphatic heterocycles. The molecule has 3 rings (SSSR count). The number of likely N-dealkylation sites (tertiary alicyclic amines) is 1. The van der Waals surface area contributed by atoms with Crippen LogP contribution in [-0.2, 0) is 4.79 Å². The highest BCUT2D eigenvalue weighted by molar-refractivity contribution is 5.88. The predicted octanol–water partition coefficient (Wildman–Crippen LogP) is 2.84. The molecule has 23 heavy (non-hydrogen) atoms. The quantitative estimate of drug-likeness (QED) is 0.935. The van der Waals surface area contributed by atoms with Crippen LogP contribution in [0.25, 0.3) is 10.8 Å². The average molecular weight is 335 g/mol. The van der Waals surface area contributed by atoms with Crippen LogP contribution in [-0.4, -0.2) is 36.5 Å². The first-order chi connectivity index (χ1) is 10.7. The van der Waals surface area contributed by atoms with E-state index >= 15 is 0 Å². The maximum Gasteiger partial charge on any atom is 0.260 e. The largest absolute Gasteiger partial charge is 0.483 e. The Kier molecular flexibility index (Phi) is 5.85. The summed E-state index contributed by atoms with van der Waals surface area (Å²) in [5.74, 6) is 1.21. The molecule has 0 radical (unpaired) electrons. The van der Waals surface area contributed by atoms with Crippen molar-refractivity contribution in [2.24, 2.45) is 11.7 Å². The van der Waals surface area contributed by atoms with Crippen molar-refractivity contribution in [3.05, 3.63) is 42.5 Å². The number of amides is 1. The minimum absolute atomic E-state index is 0. The Morgan fingerprint density at radius 2 is 2.00 bits per heavy atom. The van der Waals surface area contributed by atoms with Gasteiger partial charge in [-0.05, 0) is 37.3 Å². The molecule has 1 heterocycles. The third-order valence-electron chi connectivity index (χ3n) is 4.42. The number of carbonyl (C=O) groups excluding carboxylic acids is 1. The van der Waals surface area contributed by atoms with Gasteiger partial charge in [-0.2, -0.15) is 0 Å². The molecule has 0 spiro atoms. The van der Waals surface area contributed by atoms with Gasteiger partial charge < -0.3 is 15.4 Å². The summed E-state index contributed by atoms with van der Waals surface area (Å²) in [6.45, 7) is 3.54. The second-order valence-electron chi connectivity index (χ2n) is 6.00. The molecule has 0 aliphatic carbocycles. The lowest BCUT2D eigenvalue weighted by molar-refractivity contribution is -0.133. The van der Waals surface area contributed by atoms with Gasteiger partial charge in [-0.15, -0.1) is 12.4 Å². The number of carbonyl (C=O) groups is 1. The van der Waals surface area contributed by atoms with E-state index in [1.165, 1.54) is 0 Å². The third-order valence-corrected chi connectivity index (χ3v) is 4.42. The van der Waals surface area contributed by atoms with E-state index in [0.29, 0.717) is 12.5 Å². The number of hydrogen-bond donors (Lipinski definition) is 1. The summed E-state index contributed by atoms with van der Waals surface area (Å²) in [5, 5.41) is 2.15. The molecule has 124 valence electrons. The molecular weight excluding hydrogens is 312 g/mol. The van der Waals surface area contributed by atoms with E-state index in [1.54, 1.807) is 0 Å². The Labute approximate surface area is 143 Å². The summed E-state index contributed by atoms with van der Waals surface area (Å²) in [6, 6.07) is 14.2. The fourth-order valence-electron chi connectivity index (χ4n) is 3.20. The van der Waals surface area contributed by atoms with E-state index in [1.807, 2.05) is 47.4 Å². The van der Waals surface area contributed by atoms with Gasteiger partial charge in [0.2, 0.25) is 0 Å². The zero-order chi connectivity index (χ0) is 15.5. The highest BCUT2D eigenvalue weighted by atomic mass is 35.5. The van der Waals surface area contributed by atoms with Crippen LogP contribution in [0.2, 0.25) is 0 Å². The number of halogens is 1. The Morgan fingerprint density at radius 1 is 1.26 bits per heavy atom. The molecule has 2 aromatic rings. The van der Waals surface area contributed by atoms with E-state index in [9.17, 15) is 4.79 Å². The van der Waals surface area contributed by atoms with Gasteiger partial charge in [0, 0.05) is 18.0 Å². The molecule has 1 amide bonds. The molecule has 0 aromatic heterocycles. The van der Waals surface area contributed by atoms with Crippen molar-refractivity contribution in [2.75, 3.05) is 19.7 Å². The summed E-state index contributed by atoms with van der Waals surface area (Å²) < 4.78 is 5.79. The number of nitrogens with two attached hydrogens (primary N) is 1. The highest BCUT2D eigenvalue weighted by Crippen LogP contribution is 2.26. The van der Waals surface area contributed by atoms with Crippen molar-refractivity contribution in [1.29, 1.82) is 0 Å². The highest BCUT2D eigenvalue weighted by Gasteiger charge is 2.31. The van der Waals surface area contributed by atoms with Crippen molar-refractivity contribution >= 4 is 29.1 Å². The molecule has 2 unspecified atom stereocenters. The molecule has 0 bridgehead atoms. The summed E-state index contributed by atoms with van der Waals surface area (Å²) >= 11 is 0. The SMILES string of the molecule is CC1CC(CN)CN1C(=O)COc1cccc2ccccc12.Cl. The van der Waals surface area contributed by atoms with E-state index in [4.69, 9.17) is 10.5 Å². The molecule has 2 N–H and O–H groups in total. The van der Waals surface area contributed by atoms with Gasteiger partial charge in [-0.3, -0.25) is 4.79 Å². The van der Waals surface area contributed by atoms with Gasteiger partial charge in [0.25, 0.3) is 5.91 Å². The predicted molar refractivity (Wildman–Crippen MR) is 95.0 cm³/mol. The molecule has 4 nitrogen and oxygen atoms in total. The van der Waals surface area contributed by atoms with E-state index < -0.39 is 0 Å². The fraction of sp³-hybridized carbons (Fsp3) is 0.389. The zero-order valence-electron chi connectivity index (χ0n) is 13.3. The number of ether oxygens (including phenoxy) is 1. The molecular formula is C18H23ClN2O2. The molecule has 2 atom stereocenters. The lowest BCUT2D eigenvalue weighted by Crippen LogP contribution is -2.37. The van der Waals surface area contributed by atoms with Crippen LogP contribution in [0.1, 0.15) is 13.3 Å². The second kappa shape index (κ2) is 7.66. The van der Waals surface area contributed by atoms with E-state index in [-0.39, 0.29) is 31.0 Å². The molecule has 0 saturated carbocycles. The standard InChI is InChI=1S/C18H22N2O2.ClH/c1-13-9-14(10-19)11-20(13)18(21)12-22-17-8-4-6-15-5-2-3-7-16(15)17;/h2-8,13-14H,9-12,19H2,1H3;1H. The summed E-state index contributed by atoms with van der Waals surface area (Å²) in [4.78, 5) is 14.3. The van der Waals surface area contributed by atoms with Gasteiger partial charge in [0.05, 0.1) is 0 Å². The van der Waals surface area contributed by atoms with Crippen molar-refractivity contribution in [3.8, 4) is 5.75 Å². The average Bonchev–Trinajstić information content (AvgIpc) is 2.93. The van der Waals surface area contributed by atoms with Crippen molar-refractivity contribution in [2.45, 2.75) is 19.4 Å². The van der Waals surface area contributed by atoms with Gasteiger partial charge >= 0.3 is 0 Å². The number of benzene rings is 2. The van der Waals surface area contributed by atoms with Gasteiger partial charge in [-0.25, -0.2) is 0 Å². The number of rotatable bonds is 4. The molecule has 2 aromatic carbocycles. The first-order valence-corrected chi connectivity index (χ1v) is 7.79. The van der Waals surface area contributed by atoms with Gasteiger partial charge in [0.1, 0.15) is 5.75 Å². The van der Waals surface area contributed by atoms with Crippen LogP contribution in [0.4, 0.5) is 0 Å². The number of fused-ring (bicyclic) bond motifs is 1. The zero-order valence-corrected chi connectivity index (χ0v) is 14.1. The summed E-state index contributed by atoms with van der Waals surface area (Å²) in [5.41, 5.74) is 5.72. The Bertz CT molecular complexity index is 672. The Balaban J connectivity index is 0.00000192. The maximum absolute atomic E-state index is 12.4. The summed E-state index contributed by atoms with van der Waals surface area (Å²) in [7, 11) is 0. The smallest absolute Gasteiger partial charge is 0.260 e. The minimum atomic E-state index is 0. The molecule has 1 aliphatic rings. The maximum atomic E-state index is 12.4. The van der Waals surface area contributed by atoms with Crippen LogP contribution in [0, 0.1) is 5.92 Å². The minimum Gasteiger partial charge on any atom is -0.483 e. The lowest BCUT2D eigenvalue weighted by Gasteiger charge is -2.21. The normalized spacial score (nSPS) is 20.3. The third kappa shape index (κ3) is 3.77. The van der Waals surface area contributed by atoms with Crippen LogP contribution in [0.15, 0.2) is 42.5 Å². The Hall–Kier alpha value is -1.78. The van der Waals surface area contributed by atoms with Crippen molar-refractivity contribution in [3.63, 3.8) is 0 Å². The second-order valence-corrected chi connectivity index (χ2v) is 6.00. The number of nitrogens with zero attached hydrogens (tertiary/aromatic N) is 1. The van der Waals surface area contributed by atoms with Crippen LogP contribution < -0.4 is 10.5 Å². The van der Waals surface area contributed by atoms with Crippen molar-refractivity contribution in [1.82, 2.24) is 4.90 Å².